The number of fused-ring (bicyclic) bond motifs is 3. The molecule has 1 amide bonds. The van der Waals surface area contributed by atoms with Gasteiger partial charge in [0.25, 0.3) is 0 Å². The van der Waals surface area contributed by atoms with Gasteiger partial charge in [0.05, 0.1) is 5.75 Å². The minimum atomic E-state index is 0.247. The number of amides is 1. The van der Waals surface area contributed by atoms with E-state index in [0.29, 0.717) is 5.75 Å². The van der Waals surface area contributed by atoms with Crippen molar-refractivity contribution in [1.82, 2.24) is 24.3 Å². The molecule has 4 saturated heterocycles. The third kappa shape index (κ3) is 3.34. The van der Waals surface area contributed by atoms with Crippen molar-refractivity contribution in [3.63, 3.8) is 0 Å². The number of aromatic nitrogens is 2. The Labute approximate surface area is 148 Å². The molecule has 1 aromatic rings. The van der Waals surface area contributed by atoms with E-state index in [2.05, 4.69) is 14.8 Å². The molecule has 7 heteroatoms. The van der Waals surface area contributed by atoms with Crippen molar-refractivity contribution >= 4 is 17.7 Å². The average Bonchev–Trinajstić information content (AvgIpc) is 3.06. The number of hydrogen-bond donors (Lipinski definition) is 0. The number of rotatable bonds is 4. The van der Waals surface area contributed by atoms with Gasteiger partial charge in [0, 0.05) is 58.2 Å². The Kier molecular flexibility index (Phi) is 4.83. The summed E-state index contributed by atoms with van der Waals surface area (Å²) in [6.45, 7) is 7.66. The van der Waals surface area contributed by atoms with Crippen LogP contribution >= 0.6 is 11.8 Å². The molecule has 4 aliphatic rings. The van der Waals surface area contributed by atoms with Gasteiger partial charge in [-0.05, 0) is 31.8 Å². The van der Waals surface area contributed by atoms with Crippen LogP contribution < -0.4 is 0 Å². The van der Waals surface area contributed by atoms with Crippen LogP contribution in [0.4, 0.5) is 0 Å². The highest BCUT2D eigenvalue weighted by Crippen LogP contribution is 2.31. The van der Waals surface area contributed by atoms with E-state index < -0.39 is 0 Å². The predicted octanol–water partition coefficient (Wildman–Crippen LogP) is 0.751. The lowest BCUT2D eigenvalue weighted by molar-refractivity contribution is -0.131. The molecule has 0 saturated carbocycles. The minimum Gasteiger partial charge on any atom is -0.339 e. The first-order valence-electron chi connectivity index (χ1n) is 9.05. The molecule has 0 radical (unpaired) electrons. The number of imidazole rings is 1. The SMILES string of the molecule is Cn1ccnc1SCC(=O)N1CCN([C@@H]2CN3CCC2CC3)CC1. The minimum absolute atomic E-state index is 0.247. The van der Waals surface area contributed by atoms with E-state index in [1.165, 1.54) is 44.2 Å². The van der Waals surface area contributed by atoms with Crippen molar-refractivity contribution in [1.29, 1.82) is 0 Å². The molecule has 4 aliphatic heterocycles. The molecule has 0 aromatic carbocycles. The second-order valence-corrected chi connectivity index (χ2v) is 8.17. The van der Waals surface area contributed by atoms with Gasteiger partial charge >= 0.3 is 0 Å². The quantitative estimate of drug-likeness (QED) is 0.751. The Hall–Kier alpha value is -1.05. The van der Waals surface area contributed by atoms with Crippen molar-refractivity contribution < 1.29 is 4.79 Å². The van der Waals surface area contributed by atoms with E-state index in [4.69, 9.17) is 0 Å². The molecule has 1 atom stereocenters. The lowest BCUT2D eigenvalue weighted by atomic mass is 9.83. The summed E-state index contributed by atoms with van der Waals surface area (Å²) in [7, 11) is 1.96. The van der Waals surface area contributed by atoms with Crippen molar-refractivity contribution in [2.24, 2.45) is 13.0 Å². The zero-order valence-corrected chi connectivity index (χ0v) is 15.2. The number of piperidine rings is 3. The molecule has 4 fully saturated rings. The standard InChI is InChI=1S/C17H27N5OS/c1-19-7-4-18-17(19)24-13-16(23)22-10-8-21(9-11-22)15-12-20-5-2-14(15)3-6-20/h4,7,14-15H,2-3,5-6,8-13H2,1H3/t15-/m1/s1. The number of carbonyl (C=O) groups is 1. The van der Waals surface area contributed by atoms with E-state index in [-0.39, 0.29) is 5.91 Å². The Morgan fingerprint density at radius 1 is 1.21 bits per heavy atom. The zero-order chi connectivity index (χ0) is 16.5. The molecule has 1 aromatic heterocycles. The molecule has 0 aliphatic carbocycles. The van der Waals surface area contributed by atoms with Gasteiger partial charge in [-0.15, -0.1) is 0 Å². The Bertz CT molecular complexity index is 575. The van der Waals surface area contributed by atoms with Crippen LogP contribution in [0.3, 0.4) is 0 Å². The topological polar surface area (TPSA) is 44.6 Å². The maximum Gasteiger partial charge on any atom is 0.233 e. The average molecular weight is 350 g/mol. The van der Waals surface area contributed by atoms with Crippen LogP contribution in [0.15, 0.2) is 17.6 Å². The van der Waals surface area contributed by atoms with Crippen LogP contribution in [-0.4, -0.2) is 87.8 Å². The van der Waals surface area contributed by atoms with E-state index in [1.807, 2.05) is 22.7 Å². The highest BCUT2D eigenvalue weighted by atomic mass is 32.2. The Morgan fingerprint density at radius 3 is 2.54 bits per heavy atom. The first kappa shape index (κ1) is 16.4. The number of nitrogens with zero attached hydrogens (tertiary/aromatic N) is 5. The van der Waals surface area contributed by atoms with Gasteiger partial charge in [-0.2, -0.15) is 0 Å². The smallest absolute Gasteiger partial charge is 0.233 e. The van der Waals surface area contributed by atoms with Gasteiger partial charge in [0.15, 0.2) is 5.16 Å². The predicted molar refractivity (Wildman–Crippen MR) is 95.0 cm³/mol. The Balaban J connectivity index is 1.25. The maximum atomic E-state index is 12.5. The highest BCUT2D eigenvalue weighted by molar-refractivity contribution is 7.99. The highest BCUT2D eigenvalue weighted by Gasteiger charge is 2.38. The maximum absolute atomic E-state index is 12.5. The third-order valence-corrected chi connectivity index (χ3v) is 6.90. The summed E-state index contributed by atoms with van der Waals surface area (Å²) in [5.41, 5.74) is 0. The number of aryl methyl sites for hydroxylation is 1. The monoisotopic (exact) mass is 349 g/mol. The fourth-order valence-corrected chi connectivity index (χ4v) is 5.19. The van der Waals surface area contributed by atoms with Crippen molar-refractivity contribution in [3.8, 4) is 0 Å². The normalized spacial score (nSPS) is 30.7. The summed E-state index contributed by atoms with van der Waals surface area (Å²) in [5, 5.41) is 0.911. The molecule has 0 spiro atoms. The number of hydrogen-bond acceptors (Lipinski definition) is 5. The molecule has 132 valence electrons. The summed E-state index contributed by atoms with van der Waals surface area (Å²) >= 11 is 1.53. The van der Waals surface area contributed by atoms with E-state index >= 15 is 0 Å². The second kappa shape index (κ2) is 7.06. The van der Waals surface area contributed by atoms with Crippen LogP contribution in [0, 0.1) is 5.92 Å². The number of piperazine rings is 1. The molecule has 0 unspecified atom stereocenters. The van der Waals surface area contributed by atoms with E-state index in [1.54, 1.807) is 6.20 Å². The Morgan fingerprint density at radius 2 is 1.96 bits per heavy atom. The van der Waals surface area contributed by atoms with Crippen molar-refractivity contribution in [2.75, 3.05) is 51.6 Å². The molecular formula is C17H27N5OS. The first-order chi connectivity index (χ1) is 11.7. The lowest BCUT2D eigenvalue weighted by Gasteiger charge is -2.51. The summed E-state index contributed by atoms with van der Waals surface area (Å²) in [4.78, 5) is 24.0. The van der Waals surface area contributed by atoms with Crippen molar-refractivity contribution in [3.05, 3.63) is 12.4 Å². The van der Waals surface area contributed by atoms with Gasteiger partial charge in [-0.1, -0.05) is 11.8 Å². The van der Waals surface area contributed by atoms with E-state index in [0.717, 1.165) is 43.3 Å². The van der Waals surface area contributed by atoms with Crippen LogP contribution in [0.2, 0.25) is 0 Å². The molecule has 24 heavy (non-hydrogen) atoms. The summed E-state index contributed by atoms with van der Waals surface area (Å²) < 4.78 is 1.96. The second-order valence-electron chi connectivity index (χ2n) is 7.23. The fourth-order valence-electron chi connectivity index (χ4n) is 4.36. The van der Waals surface area contributed by atoms with E-state index in [9.17, 15) is 4.79 Å². The van der Waals surface area contributed by atoms with Gasteiger partial charge in [-0.3, -0.25) is 9.69 Å². The molecular weight excluding hydrogens is 322 g/mol. The van der Waals surface area contributed by atoms with Gasteiger partial charge in [0.1, 0.15) is 0 Å². The fraction of sp³-hybridized carbons (Fsp3) is 0.765. The van der Waals surface area contributed by atoms with Gasteiger partial charge in [-0.25, -0.2) is 4.98 Å². The summed E-state index contributed by atoms with van der Waals surface area (Å²) in [6.07, 6.45) is 6.42. The third-order valence-electron chi connectivity index (χ3n) is 5.86. The molecule has 6 nitrogen and oxygen atoms in total. The lowest BCUT2D eigenvalue weighted by Crippen LogP contribution is -2.61. The number of thioether (sulfide) groups is 1. The summed E-state index contributed by atoms with van der Waals surface area (Å²) in [6, 6.07) is 0.728. The van der Waals surface area contributed by atoms with Crippen LogP contribution in [0.1, 0.15) is 12.8 Å². The van der Waals surface area contributed by atoms with Gasteiger partial charge in [0.2, 0.25) is 5.91 Å². The zero-order valence-electron chi connectivity index (χ0n) is 14.4. The van der Waals surface area contributed by atoms with Crippen LogP contribution in [0.5, 0.6) is 0 Å². The van der Waals surface area contributed by atoms with Gasteiger partial charge < -0.3 is 14.4 Å². The summed E-state index contributed by atoms with van der Waals surface area (Å²) in [5.74, 6) is 1.62. The largest absolute Gasteiger partial charge is 0.339 e. The first-order valence-corrected chi connectivity index (χ1v) is 10.0. The molecule has 2 bridgehead atoms. The molecule has 5 rings (SSSR count). The van der Waals surface area contributed by atoms with Crippen LogP contribution in [0.25, 0.3) is 0 Å². The molecule has 5 heterocycles. The van der Waals surface area contributed by atoms with Crippen LogP contribution in [-0.2, 0) is 11.8 Å². The number of carbonyl (C=O) groups excluding carboxylic acids is 1. The molecule has 0 N–H and O–H groups in total. The van der Waals surface area contributed by atoms with Crippen molar-refractivity contribution in [2.45, 2.75) is 24.0 Å².